The fraction of sp³-hybridized carbons (Fsp3) is 0.208. The molecule has 1 aliphatic heterocycles. The number of fused-ring (bicyclic) bond motifs is 2. The Morgan fingerprint density at radius 1 is 1.15 bits per heavy atom. The third-order valence-corrected chi connectivity index (χ3v) is 7.87. The van der Waals surface area contributed by atoms with E-state index in [1.807, 2.05) is 24.3 Å². The number of amides is 2. The Hall–Kier alpha value is -3.14. The number of rotatable bonds is 5. The highest BCUT2D eigenvalue weighted by Crippen LogP contribution is 2.45. The molecule has 0 bridgehead atoms. The maximum absolute atomic E-state index is 12.8. The molecule has 0 fully saturated rings. The molecule has 174 valence electrons. The van der Waals surface area contributed by atoms with Crippen LogP contribution in [0.4, 0.5) is 9.80 Å². The molecule has 0 atom stereocenters. The van der Waals surface area contributed by atoms with Gasteiger partial charge >= 0.3 is 6.09 Å². The summed E-state index contributed by atoms with van der Waals surface area (Å²) in [6.45, 7) is 0.834. The topological polar surface area (TPSA) is 80.8 Å². The molecular formula is C24H20ClN3O4S2. The number of methoxy groups -OCH3 is 1. The van der Waals surface area contributed by atoms with Crippen LogP contribution in [-0.2, 0) is 22.5 Å². The summed E-state index contributed by atoms with van der Waals surface area (Å²) in [5, 5.41) is 5.17. The number of anilines is 1. The van der Waals surface area contributed by atoms with E-state index in [0.717, 1.165) is 31.2 Å². The molecule has 0 saturated heterocycles. The van der Waals surface area contributed by atoms with Gasteiger partial charge in [-0.05, 0) is 48.4 Å². The third kappa shape index (κ3) is 4.59. The van der Waals surface area contributed by atoms with E-state index < -0.39 is 0 Å². The van der Waals surface area contributed by atoms with Crippen LogP contribution in [0, 0.1) is 0 Å². The van der Waals surface area contributed by atoms with Gasteiger partial charge in [0, 0.05) is 22.0 Å². The van der Waals surface area contributed by atoms with Crippen molar-refractivity contribution in [3.05, 3.63) is 64.0 Å². The fourth-order valence-electron chi connectivity index (χ4n) is 3.82. The third-order valence-electron chi connectivity index (χ3n) is 5.43. The molecule has 1 N–H and O–H groups in total. The van der Waals surface area contributed by atoms with E-state index in [-0.39, 0.29) is 18.6 Å². The average Bonchev–Trinajstić information content (AvgIpc) is 3.43. The summed E-state index contributed by atoms with van der Waals surface area (Å²) in [5.41, 5.74) is 2.95. The molecule has 0 aliphatic carbocycles. The van der Waals surface area contributed by atoms with Gasteiger partial charge < -0.3 is 19.7 Å². The Morgan fingerprint density at radius 3 is 2.71 bits per heavy atom. The first kappa shape index (κ1) is 22.6. The maximum atomic E-state index is 12.8. The quantitative estimate of drug-likeness (QED) is 0.363. The van der Waals surface area contributed by atoms with E-state index in [1.54, 1.807) is 40.5 Å². The van der Waals surface area contributed by atoms with E-state index in [2.05, 4.69) is 5.32 Å². The van der Waals surface area contributed by atoms with E-state index in [9.17, 15) is 9.59 Å². The van der Waals surface area contributed by atoms with Crippen molar-refractivity contribution >= 4 is 61.5 Å². The van der Waals surface area contributed by atoms with Crippen molar-refractivity contribution < 1.29 is 19.1 Å². The Morgan fingerprint density at radius 2 is 1.94 bits per heavy atom. The number of nitrogens with zero attached hydrogens (tertiary/aromatic N) is 2. The number of thiophene rings is 1. The average molecular weight is 514 g/mol. The van der Waals surface area contributed by atoms with Crippen molar-refractivity contribution in [3.8, 4) is 16.3 Å². The minimum Gasteiger partial charge on any atom is -0.484 e. The minimum atomic E-state index is -0.359. The first-order valence-corrected chi connectivity index (χ1v) is 12.5. The van der Waals surface area contributed by atoms with Crippen LogP contribution in [0.2, 0.25) is 5.02 Å². The van der Waals surface area contributed by atoms with Gasteiger partial charge in [0.1, 0.15) is 15.8 Å². The van der Waals surface area contributed by atoms with E-state index in [4.69, 9.17) is 26.1 Å². The van der Waals surface area contributed by atoms with Crippen molar-refractivity contribution in [2.24, 2.45) is 0 Å². The first-order valence-electron chi connectivity index (χ1n) is 10.5. The minimum absolute atomic E-state index is 0.141. The standard InChI is InChI=1S/C24H20ClN3O4S2/c1-31-24(30)28-11-10-16-19(12-28)34-23(21(16)22-26-17-4-2-3-5-18(17)33-22)27-20(29)13-32-15-8-6-14(25)7-9-15/h2-9H,10-13H2,1H3,(H,27,29). The number of hydrogen-bond acceptors (Lipinski definition) is 7. The largest absolute Gasteiger partial charge is 0.484 e. The van der Waals surface area contributed by atoms with Gasteiger partial charge in [-0.3, -0.25) is 4.79 Å². The molecular weight excluding hydrogens is 494 g/mol. The van der Waals surface area contributed by atoms with Crippen molar-refractivity contribution in [1.82, 2.24) is 9.88 Å². The van der Waals surface area contributed by atoms with Gasteiger partial charge in [-0.1, -0.05) is 23.7 Å². The maximum Gasteiger partial charge on any atom is 0.409 e. The molecule has 0 radical (unpaired) electrons. The summed E-state index contributed by atoms with van der Waals surface area (Å²) < 4.78 is 11.6. The normalized spacial score (nSPS) is 12.9. The number of benzene rings is 2. The number of thiazole rings is 1. The molecule has 10 heteroatoms. The van der Waals surface area contributed by atoms with Gasteiger partial charge in [-0.2, -0.15) is 0 Å². The van der Waals surface area contributed by atoms with Crippen molar-refractivity contribution in [1.29, 1.82) is 0 Å². The molecule has 3 heterocycles. The summed E-state index contributed by atoms with van der Waals surface area (Å²) in [4.78, 5) is 32.4. The Balaban J connectivity index is 1.44. The number of para-hydroxylation sites is 1. The second kappa shape index (κ2) is 9.61. The lowest BCUT2D eigenvalue weighted by Crippen LogP contribution is -2.35. The zero-order valence-corrected chi connectivity index (χ0v) is 20.6. The van der Waals surface area contributed by atoms with Crippen LogP contribution >= 0.6 is 34.3 Å². The first-order chi connectivity index (χ1) is 16.5. The second-order valence-electron chi connectivity index (χ2n) is 7.63. The number of ether oxygens (including phenoxy) is 2. The summed E-state index contributed by atoms with van der Waals surface area (Å²) in [5.74, 6) is 0.283. The predicted molar refractivity (Wildman–Crippen MR) is 135 cm³/mol. The lowest BCUT2D eigenvalue weighted by Gasteiger charge is -2.25. The van der Waals surface area contributed by atoms with Crippen LogP contribution in [0.5, 0.6) is 5.75 Å². The zero-order valence-electron chi connectivity index (χ0n) is 18.2. The van der Waals surface area contributed by atoms with E-state index >= 15 is 0 Å². The number of hydrogen-bond donors (Lipinski definition) is 1. The van der Waals surface area contributed by atoms with Crippen LogP contribution in [0.15, 0.2) is 48.5 Å². The Kier molecular flexibility index (Phi) is 6.40. The predicted octanol–water partition coefficient (Wildman–Crippen LogP) is 5.82. The highest BCUT2D eigenvalue weighted by Gasteiger charge is 2.29. The molecule has 4 aromatic rings. The van der Waals surface area contributed by atoms with Crippen molar-refractivity contribution in [3.63, 3.8) is 0 Å². The highest BCUT2D eigenvalue weighted by atomic mass is 35.5. The van der Waals surface area contributed by atoms with Crippen LogP contribution in [-0.4, -0.2) is 42.1 Å². The number of aromatic nitrogens is 1. The van der Waals surface area contributed by atoms with Gasteiger partial charge in [0.25, 0.3) is 5.91 Å². The SMILES string of the molecule is COC(=O)N1CCc2c(sc(NC(=O)COc3ccc(Cl)cc3)c2-c2nc3ccccc3s2)C1. The van der Waals surface area contributed by atoms with Crippen molar-refractivity contribution in [2.75, 3.05) is 25.6 Å². The Labute approximate surface area is 208 Å². The van der Waals surface area contributed by atoms with Crippen molar-refractivity contribution in [2.45, 2.75) is 13.0 Å². The molecule has 2 aromatic carbocycles. The van der Waals surface area contributed by atoms with Crippen LogP contribution in [0.3, 0.4) is 0 Å². The van der Waals surface area contributed by atoms with Gasteiger partial charge in [0.15, 0.2) is 6.61 Å². The summed E-state index contributed by atoms with van der Waals surface area (Å²) in [6.07, 6.45) is 0.297. The molecule has 2 aromatic heterocycles. The number of carbonyl (C=O) groups excluding carboxylic acids is 2. The number of nitrogens with one attached hydrogen (secondary N) is 1. The summed E-state index contributed by atoms with van der Waals surface area (Å²) in [7, 11) is 1.38. The smallest absolute Gasteiger partial charge is 0.409 e. The molecule has 0 saturated carbocycles. The molecule has 1 aliphatic rings. The molecule has 2 amide bonds. The van der Waals surface area contributed by atoms with E-state index in [0.29, 0.717) is 35.3 Å². The lowest BCUT2D eigenvalue weighted by molar-refractivity contribution is -0.118. The highest BCUT2D eigenvalue weighted by molar-refractivity contribution is 7.22. The Bertz CT molecular complexity index is 1330. The fourth-order valence-corrected chi connectivity index (χ4v) is 6.34. The molecule has 5 rings (SSSR count). The lowest BCUT2D eigenvalue weighted by atomic mass is 10.0. The van der Waals surface area contributed by atoms with Gasteiger partial charge in [-0.15, -0.1) is 22.7 Å². The van der Waals surface area contributed by atoms with Crippen LogP contribution < -0.4 is 10.1 Å². The van der Waals surface area contributed by atoms with Crippen LogP contribution in [0.25, 0.3) is 20.8 Å². The second-order valence-corrected chi connectivity index (χ2v) is 10.2. The van der Waals surface area contributed by atoms with E-state index in [1.165, 1.54) is 18.4 Å². The summed E-state index contributed by atoms with van der Waals surface area (Å²) in [6, 6.07) is 14.8. The van der Waals surface area contributed by atoms with Crippen LogP contribution in [0.1, 0.15) is 10.4 Å². The molecule has 0 spiro atoms. The van der Waals surface area contributed by atoms with Gasteiger partial charge in [0.2, 0.25) is 0 Å². The molecule has 34 heavy (non-hydrogen) atoms. The molecule has 7 nitrogen and oxygen atoms in total. The zero-order chi connectivity index (χ0) is 23.7. The molecule has 0 unspecified atom stereocenters. The van der Waals surface area contributed by atoms with Gasteiger partial charge in [-0.25, -0.2) is 9.78 Å². The summed E-state index contributed by atoms with van der Waals surface area (Å²) >= 11 is 8.95. The van der Waals surface area contributed by atoms with Gasteiger partial charge in [0.05, 0.1) is 23.9 Å². The number of carbonyl (C=O) groups is 2. The monoisotopic (exact) mass is 513 g/mol. The number of halogens is 1.